The molecule has 0 aliphatic heterocycles. The lowest BCUT2D eigenvalue weighted by atomic mass is 9.93. The first-order chi connectivity index (χ1) is 11.1. The highest BCUT2D eigenvalue weighted by atomic mass is 35.5. The van der Waals surface area contributed by atoms with E-state index in [9.17, 15) is 9.59 Å². The Morgan fingerprint density at radius 2 is 1.87 bits per heavy atom. The zero-order valence-electron chi connectivity index (χ0n) is 12.7. The van der Waals surface area contributed by atoms with Crippen molar-refractivity contribution in [1.29, 1.82) is 0 Å². The summed E-state index contributed by atoms with van der Waals surface area (Å²) in [5.74, 6) is -0.144. The fourth-order valence-corrected chi connectivity index (χ4v) is 2.96. The lowest BCUT2D eigenvalue weighted by Gasteiger charge is -2.12. The summed E-state index contributed by atoms with van der Waals surface area (Å²) in [7, 11) is 0. The quantitative estimate of drug-likeness (QED) is 0.698. The number of H-pyrrole nitrogens is 1. The van der Waals surface area contributed by atoms with E-state index in [1.807, 2.05) is 37.3 Å². The number of hydrogen-bond donors (Lipinski definition) is 1. The third kappa shape index (κ3) is 2.92. The normalized spacial score (nSPS) is 10.9. The van der Waals surface area contributed by atoms with Gasteiger partial charge in [-0.05, 0) is 30.2 Å². The number of aromatic nitrogens is 1. The van der Waals surface area contributed by atoms with Crippen LogP contribution in [0.3, 0.4) is 0 Å². The van der Waals surface area contributed by atoms with E-state index in [0.29, 0.717) is 28.9 Å². The zero-order valence-corrected chi connectivity index (χ0v) is 13.5. The molecule has 0 amide bonds. The third-order valence-electron chi connectivity index (χ3n) is 3.79. The van der Waals surface area contributed by atoms with E-state index in [1.165, 1.54) is 0 Å². The lowest BCUT2D eigenvalue weighted by Crippen LogP contribution is -2.19. The number of pyridine rings is 1. The molecule has 3 aromatic rings. The summed E-state index contributed by atoms with van der Waals surface area (Å²) in [5.41, 5.74) is 2.03. The zero-order chi connectivity index (χ0) is 16.4. The second kappa shape index (κ2) is 6.39. The Kier molecular flexibility index (Phi) is 4.30. The van der Waals surface area contributed by atoms with Gasteiger partial charge < -0.3 is 4.98 Å². The number of benzene rings is 2. The maximum absolute atomic E-state index is 12.5. The first-order valence-electron chi connectivity index (χ1n) is 7.56. The summed E-state index contributed by atoms with van der Waals surface area (Å²) in [6.07, 6.45) is 1.04. The SMILES string of the molecule is CCCC(=O)c1c(-c2ccccc2)c2cc(Cl)ccc2[nH]c1=O. The van der Waals surface area contributed by atoms with Crippen molar-refractivity contribution in [1.82, 2.24) is 4.98 Å². The number of nitrogens with one attached hydrogen (secondary N) is 1. The van der Waals surface area contributed by atoms with Gasteiger partial charge in [-0.15, -0.1) is 0 Å². The van der Waals surface area contributed by atoms with Gasteiger partial charge in [0.25, 0.3) is 5.56 Å². The molecule has 0 spiro atoms. The molecule has 1 aromatic heterocycles. The van der Waals surface area contributed by atoms with Crippen LogP contribution in [0.15, 0.2) is 53.3 Å². The third-order valence-corrected chi connectivity index (χ3v) is 4.03. The fraction of sp³-hybridized carbons (Fsp3) is 0.158. The maximum Gasteiger partial charge on any atom is 0.259 e. The average molecular weight is 326 g/mol. The molecule has 0 saturated carbocycles. The van der Waals surface area contributed by atoms with Crippen molar-refractivity contribution in [3.63, 3.8) is 0 Å². The van der Waals surface area contributed by atoms with Gasteiger partial charge in [-0.1, -0.05) is 48.9 Å². The van der Waals surface area contributed by atoms with Crippen LogP contribution in [0.25, 0.3) is 22.0 Å². The largest absolute Gasteiger partial charge is 0.321 e. The topological polar surface area (TPSA) is 49.9 Å². The van der Waals surface area contributed by atoms with Gasteiger partial charge in [0.05, 0.1) is 5.56 Å². The molecule has 2 aromatic carbocycles. The second-order valence-corrected chi connectivity index (χ2v) is 5.87. The molecule has 0 bridgehead atoms. The Hall–Kier alpha value is -2.39. The van der Waals surface area contributed by atoms with Crippen molar-refractivity contribution in [2.24, 2.45) is 0 Å². The smallest absolute Gasteiger partial charge is 0.259 e. The number of hydrogen-bond acceptors (Lipinski definition) is 2. The van der Waals surface area contributed by atoms with E-state index >= 15 is 0 Å². The molecule has 0 radical (unpaired) electrons. The molecule has 3 nitrogen and oxygen atoms in total. The molecule has 4 heteroatoms. The Labute approximate surface area is 138 Å². The molecule has 0 saturated heterocycles. The molecular formula is C19H16ClNO2. The molecule has 23 heavy (non-hydrogen) atoms. The minimum absolute atomic E-state index is 0.144. The molecule has 1 N–H and O–H groups in total. The fourth-order valence-electron chi connectivity index (χ4n) is 2.79. The van der Waals surface area contributed by atoms with E-state index in [4.69, 9.17) is 11.6 Å². The van der Waals surface area contributed by atoms with Gasteiger partial charge in [0, 0.05) is 27.9 Å². The number of ketones is 1. The van der Waals surface area contributed by atoms with Crippen LogP contribution < -0.4 is 5.56 Å². The van der Waals surface area contributed by atoms with Crippen LogP contribution in [0.4, 0.5) is 0 Å². The highest BCUT2D eigenvalue weighted by Gasteiger charge is 2.20. The molecule has 0 aliphatic carbocycles. The predicted molar refractivity (Wildman–Crippen MR) is 94.3 cm³/mol. The van der Waals surface area contributed by atoms with Gasteiger partial charge in [0.2, 0.25) is 0 Å². The molecule has 116 valence electrons. The van der Waals surface area contributed by atoms with Gasteiger partial charge in [0.1, 0.15) is 0 Å². The Morgan fingerprint density at radius 1 is 1.13 bits per heavy atom. The van der Waals surface area contributed by atoms with Crippen LogP contribution in [0.2, 0.25) is 5.02 Å². The minimum Gasteiger partial charge on any atom is -0.321 e. The maximum atomic E-state index is 12.5. The minimum atomic E-state index is -0.350. The summed E-state index contributed by atoms with van der Waals surface area (Å²) >= 11 is 6.13. The van der Waals surface area contributed by atoms with Gasteiger partial charge in [-0.3, -0.25) is 9.59 Å². The van der Waals surface area contributed by atoms with Crippen LogP contribution in [-0.2, 0) is 0 Å². The summed E-state index contributed by atoms with van der Waals surface area (Å²) in [4.78, 5) is 27.9. The number of rotatable bonds is 4. The van der Waals surface area contributed by atoms with Gasteiger partial charge in [-0.25, -0.2) is 0 Å². The van der Waals surface area contributed by atoms with Gasteiger partial charge in [-0.2, -0.15) is 0 Å². The number of halogens is 1. The highest BCUT2D eigenvalue weighted by molar-refractivity contribution is 6.31. The average Bonchev–Trinajstić information content (AvgIpc) is 2.55. The summed E-state index contributed by atoms with van der Waals surface area (Å²) in [6, 6.07) is 14.8. The second-order valence-electron chi connectivity index (χ2n) is 5.43. The van der Waals surface area contributed by atoms with E-state index in [0.717, 1.165) is 10.9 Å². The molecular weight excluding hydrogens is 310 g/mol. The first kappa shape index (κ1) is 15.5. The van der Waals surface area contributed by atoms with Crippen molar-refractivity contribution in [2.45, 2.75) is 19.8 Å². The van der Waals surface area contributed by atoms with Crippen molar-refractivity contribution in [2.75, 3.05) is 0 Å². The molecule has 0 aliphatic rings. The summed E-state index contributed by atoms with van der Waals surface area (Å²) in [6.45, 7) is 1.92. The van der Waals surface area contributed by atoms with Crippen LogP contribution in [0.5, 0.6) is 0 Å². The van der Waals surface area contributed by atoms with E-state index < -0.39 is 0 Å². The Balaban J connectivity index is 2.44. The Bertz CT molecular complexity index is 929. The van der Waals surface area contributed by atoms with Crippen LogP contribution in [-0.4, -0.2) is 10.8 Å². The molecule has 3 rings (SSSR count). The molecule has 0 atom stereocenters. The molecule has 0 unspecified atom stereocenters. The number of aromatic amines is 1. The number of carbonyl (C=O) groups excluding carboxylic acids is 1. The first-order valence-corrected chi connectivity index (χ1v) is 7.93. The monoisotopic (exact) mass is 325 g/mol. The summed E-state index contributed by atoms with van der Waals surface area (Å²) in [5, 5.41) is 1.35. The number of Topliss-reactive ketones (excluding diaryl/α,β-unsaturated/α-hetero) is 1. The number of fused-ring (bicyclic) bond motifs is 1. The van der Waals surface area contributed by atoms with Crippen molar-refractivity contribution < 1.29 is 4.79 Å². The van der Waals surface area contributed by atoms with E-state index in [2.05, 4.69) is 4.98 Å². The number of carbonyl (C=O) groups is 1. The summed E-state index contributed by atoms with van der Waals surface area (Å²) < 4.78 is 0. The van der Waals surface area contributed by atoms with Gasteiger partial charge in [0.15, 0.2) is 5.78 Å². The van der Waals surface area contributed by atoms with Crippen LogP contribution in [0, 0.1) is 0 Å². The van der Waals surface area contributed by atoms with Crippen molar-refractivity contribution in [3.05, 3.63) is 69.5 Å². The van der Waals surface area contributed by atoms with Crippen LogP contribution in [0.1, 0.15) is 30.1 Å². The highest BCUT2D eigenvalue weighted by Crippen LogP contribution is 2.31. The lowest BCUT2D eigenvalue weighted by molar-refractivity contribution is 0.0981. The predicted octanol–water partition coefficient (Wildman–Crippen LogP) is 4.83. The standard InChI is InChI=1S/C19H16ClNO2/c1-2-6-16(22)18-17(12-7-4-3-5-8-12)14-11-13(20)9-10-15(14)21-19(18)23/h3-5,7-11H,2,6H2,1H3,(H,21,23). The van der Waals surface area contributed by atoms with Gasteiger partial charge >= 0.3 is 0 Å². The van der Waals surface area contributed by atoms with E-state index in [-0.39, 0.29) is 16.9 Å². The van der Waals surface area contributed by atoms with Crippen molar-refractivity contribution >= 4 is 28.3 Å². The Morgan fingerprint density at radius 3 is 2.57 bits per heavy atom. The van der Waals surface area contributed by atoms with Crippen molar-refractivity contribution in [3.8, 4) is 11.1 Å². The molecule has 0 fully saturated rings. The molecule has 1 heterocycles. The van der Waals surface area contributed by atoms with E-state index in [1.54, 1.807) is 18.2 Å². The van der Waals surface area contributed by atoms with Crippen LogP contribution >= 0.6 is 11.6 Å².